The molecule has 4 heteroatoms. The van der Waals surface area contributed by atoms with Crippen molar-refractivity contribution in [2.24, 2.45) is 22.2 Å². The van der Waals surface area contributed by atoms with Gasteiger partial charge in [0.2, 0.25) is 5.91 Å². The van der Waals surface area contributed by atoms with Crippen molar-refractivity contribution >= 4 is 17.5 Å². The Hall–Kier alpha value is -0.280. The summed E-state index contributed by atoms with van der Waals surface area (Å²) in [6.07, 6.45) is 7.15. The molecule has 3 unspecified atom stereocenters. The molecule has 0 aromatic carbocycles. The van der Waals surface area contributed by atoms with E-state index < -0.39 is 0 Å². The van der Waals surface area contributed by atoms with Gasteiger partial charge in [0.1, 0.15) is 0 Å². The summed E-state index contributed by atoms with van der Waals surface area (Å²) in [5.41, 5.74) is 0.614. The van der Waals surface area contributed by atoms with Crippen LogP contribution in [0.2, 0.25) is 0 Å². The molecule has 120 valence electrons. The normalized spacial score (nSPS) is 45.6. The van der Waals surface area contributed by atoms with E-state index in [-0.39, 0.29) is 16.7 Å². The van der Waals surface area contributed by atoms with Crippen LogP contribution in [0.1, 0.15) is 52.4 Å². The summed E-state index contributed by atoms with van der Waals surface area (Å²) in [6.45, 7) is 5.78. The van der Waals surface area contributed by atoms with Gasteiger partial charge in [-0.25, -0.2) is 0 Å². The molecule has 1 amide bonds. The smallest absolute Gasteiger partial charge is 0.226 e. The maximum absolute atomic E-state index is 12.9. The van der Waals surface area contributed by atoms with Gasteiger partial charge >= 0.3 is 0 Å². The molecule has 4 saturated carbocycles. The number of nitrogens with one attached hydrogen (secondary N) is 1. The molecule has 0 saturated heterocycles. The number of alkyl halides is 1. The van der Waals surface area contributed by atoms with E-state index in [1.807, 2.05) is 0 Å². The Morgan fingerprint density at radius 1 is 1.24 bits per heavy atom. The predicted octanol–water partition coefficient (Wildman–Crippen LogP) is 3.35. The number of carbonyl (C=O) groups is 1. The first-order valence-electron chi connectivity index (χ1n) is 8.20. The van der Waals surface area contributed by atoms with Crippen LogP contribution in [0.5, 0.6) is 0 Å². The maximum atomic E-state index is 12.9. The minimum Gasteiger partial charge on any atom is -0.383 e. The third-order valence-electron chi connectivity index (χ3n) is 5.94. The minimum absolute atomic E-state index is 0.132. The fraction of sp³-hybridized carbons (Fsp3) is 0.941. The summed E-state index contributed by atoms with van der Waals surface area (Å²) < 4.78 is 5.03. The van der Waals surface area contributed by atoms with Crippen LogP contribution in [0.25, 0.3) is 0 Å². The Kier molecular flexibility index (Phi) is 3.81. The molecule has 1 N–H and O–H groups in total. The molecule has 4 aliphatic carbocycles. The molecular formula is C17H28ClNO2. The molecule has 4 fully saturated rings. The van der Waals surface area contributed by atoms with Crippen molar-refractivity contribution in [3.8, 4) is 0 Å². The SMILES string of the molecule is COCC(Cl)CNC(=O)C12CC3CC(C)(CC(C)(C3)C1)C2. The van der Waals surface area contributed by atoms with E-state index in [2.05, 4.69) is 19.2 Å². The number of carbonyl (C=O) groups excluding carboxylic acids is 1. The van der Waals surface area contributed by atoms with E-state index in [0.29, 0.717) is 24.0 Å². The number of halogens is 1. The number of amides is 1. The molecule has 4 aliphatic rings. The van der Waals surface area contributed by atoms with E-state index in [9.17, 15) is 4.79 Å². The van der Waals surface area contributed by atoms with Gasteiger partial charge in [0.05, 0.1) is 17.4 Å². The highest BCUT2D eigenvalue weighted by Crippen LogP contribution is 2.69. The van der Waals surface area contributed by atoms with Crippen LogP contribution in [0.15, 0.2) is 0 Å². The van der Waals surface area contributed by atoms with E-state index >= 15 is 0 Å². The van der Waals surface area contributed by atoms with E-state index in [4.69, 9.17) is 16.3 Å². The largest absolute Gasteiger partial charge is 0.383 e. The Morgan fingerprint density at radius 3 is 2.38 bits per heavy atom. The number of hydrogen-bond acceptors (Lipinski definition) is 2. The molecule has 4 bridgehead atoms. The van der Waals surface area contributed by atoms with E-state index in [1.165, 1.54) is 19.3 Å². The van der Waals surface area contributed by atoms with Gasteiger partial charge in [0, 0.05) is 13.7 Å². The van der Waals surface area contributed by atoms with Gasteiger partial charge in [-0.2, -0.15) is 0 Å². The summed E-state index contributed by atoms with van der Waals surface area (Å²) in [7, 11) is 1.64. The standard InChI is InChI=1S/C17H28ClNO2/c1-15-4-12-5-16(2,9-15)11-17(6-12,10-15)14(20)19-7-13(18)8-21-3/h12-13H,4-11H2,1-3H3,(H,19,20). The van der Waals surface area contributed by atoms with Gasteiger partial charge in [0.15, 0.2) is 0 Å². The lowest BCUT2D eigenvalue weighted by Gasteiger charge is -2.64. The quantitative estimate of drug-likeness (QED) is 0.790. The molecule has 4 rings (SSSR count). The molecule has 0 aromatic heterocycles. The second-order valence-corrected chi connectivity index (χ2v) is 9.29. The van der Waals surface area contributed by atoms with E-state index in [0.717, 1.165) is 25.2 Å². The van der Waals surface area contributed by atoms with Gasteiger partial charge in [0.25, 0.3) is 0 Å². The highest BCUT2D eigenvalue weighted by Gasteiger charge is 2.62. The van der Waals surface area contributed by atoms with Crippen LogP contribution in [0.3, 0.4) is 0 Å². The summed E-state index contributed by atoms with van der Waals surface area (Å²) in [4.78, 5) is 12.9. The number of hydrogen-bond donors (Lipinski definition) is 1. The van der Waals surface area contributed by atoms with Crippen LogP contribution in [-0.2, 0) is 9.53 Å². The van der Waals surface area contributed by atoms with Gasteiger partial charge < -0.3 is 10.1 Å². The molecular weight excluding hydrogens is 286 g/mol. The lowest BCUT2D eigenvalue weighted by molar-refractivity contribution is -0.170. The zero-order chi connectivity index (χ0) is 15.3. The second kappa shape index (κ2) is 5.13. The van der Waals surface area contributed by atoms with Crippen molar-refractivity contribution in [1.82, 2.24) is 5.32 Å². The van der Waals surface area contributed by atoms with Crippen molar-refractivity contribution < 1.29 is 9.53 Å². The molecule has 3 atom stereocenters. The van der Waals surface area contributed by atoms with Crippen molar-refractivity contribution in [3.63, 3.8) is 0 Å². The zero-order valence-corrected chi connectivity index (χ0v) is 14.3. The van der Waals surface area contributed by atoms with Gasteiger partial charge in [-0.3, -0.25) is 4.79 Å². The first-order chi connectivity index (χ1) is 9.78. The number of methoxy groups -OCH3 is 1. The predicted molar refractivity (Wildman–Crippen MR) is 84.4 cm³/mol. The van der Waals surface area contributed by atoms with Crippen LogP contribution >= 0.6 is 11.6 Å². The first-order valence-corrected chi connectivity index (χ1v) is 8.63. The summed E-state index contributed by atoms with van der Waals surface area (Å²) in [6, 6.07) is 0. The first kappa shape index (κ1) is 15.6. The van der Waals surface area contributed by atoms with E-state index in [1.54, 1.807) is 7.11 Å². The third-order valence-corrected chi connectivity index (χ3v) is 6.22. The fourth-order valence-corrected chi connectivity index (χ4v) is 6.53. The molecule has 0 radical (unpaired) electrons. The molecule has 3 nitrogen and oxygen atoms in total. The molecule has 21 heavy (non-hydrogen) atoms. The monoisotopic (exact) mass is 313 g/mol. The Labute approximate surface area is 133 Å². The maximum Gasteiger partial charge on any atom is 0.226 e. The molecule has 0 spiro atoms. The fourth-order valence-electron chi connectivity index (χ4n) is 6.33. The molecule has 0 aromatic rings. The number of rotatable bonds is 5. The lowest BCUT2D eigenvalue weighted by atomic mass is 9.40. The highest BCUT2D eigenvalue weighted by molar-refractivity contribution is 6.21. The Bertz CT molecular complexity index is 421. The highest BCUT2D eigenvalue weighted by atomic mass is 35.5. The van der Waals surface area contributed by atoms with Crippen LogP contribution in [-0.4, -0.2) is 31.5 Å². The van der Waals surface area contributed by atoms with Gasteiger partial charge in [-0.15, -0.1) is 11.6 Å². The van der Waals surface area contributed by atoms with Crippen molar-refractivity contribution in [1.29, 1.82) is 0 Å². The van der Waals surface area contributed by atoms with Crippen LogP contribution in [0.4, 0.5) is 0 Å². The average molecular weight is 314 g/mol. The lowest BCUT2D eigenvalue weighted by Crippen LogP contribution is -2.60. The topological polar surface area (TPSA) is 38.3 Å². The molecule has 0 aliphatic heterocycles. The second-order valence-electron chi connectivity index (χ2n) is 8.67. The van der Waals surface area contributed by atoms with Crippen molar-refractivity contribution in [2.75, 3.05) is 20.3 Å². The molecule has 0 heterocycles. The van der Waals surface area contributed by atoms with Crippen LogP contribution < -0.4 is 5.32 Å². The minimum atomic E-state index is -0.140. The summed E-state index contributed by atoms with van der Waals surface area (Å²) in [5.74, 6) is 0.985. The zero-order valence-electron chi connectivity index (χ0n) is 13.5. The Morgan fingerprint density at radius 2 is 1.86 bits per heavy atom. The van der Waals surface area contributed by atoms with Crippen LogP contribution in [0, 0.1) is 22.2 Å². The van der Waals surface area contributed by atoms with Gasteiger partial charge in [-0.1, -0.05) is 13.8 Å². The third kappa shape index (κ3) is 2.84. The van der Waals surface area contributed by atoms with Crippen molar-refractivity contribution in [3.05, 3.63) is 0 Å². The van der Waals surface area contributed by atoms with Gasteiger partial charge in [-0.05, 0) is 55.3 Å². The number of ether oxygens (including phenoxy) is 1. The summed E-state index contributed by atoms with van der Waals surface area (Å²) in [5, 5.41) is 2.97. The summed E-state index contributed by atoms with van der Waals surface area (Å²) >= 11 is 6.15. The average Bonchev–Trinajstić information content (AvgIpc) is 2.31. The van der Waals surface area contributed by atoms with Crippen molar-refractivity contribution in [2.45, 2.75) is 57.7 Å². The Balaban J connectivity index is 1.71.